The fraction of sp³-hybridized carbons (Fsp3) is 0.222. The zero-order chi connectivity index (χ0) is 22.9. The number of ether oxygens (including phenoxy) is 1. The van der Waals surface area contributed by atoms with Crippen LogP contribution in [0, 0.1) is 5.92 Å². The number of anilines is 1. The summed E-state index contributed by atoms with van der Waals surface area (Å²) in [4.78, 5) is 56.7. The molecule has 2 heterocycles. The largest absolute Gasteiger partial charge is 0.433 e. The minimum atomic E-state index is -4.66. The third kappa shape index (κ3) is 4.44. The summed E-state index contributed by atoms with van der Waals surface area (Å²) in [6.07, 6.45) is -3.76. The summed E-state index contributed by atoms with van der Waals surface area (Å²) in [7, 11) is 2.30. The topological polar surface area (TPSA) is 122 Å². The van der Waals surface area contributed by atoms with Crippen molar-refractivity contribution >= 4 is 29.4 Å². The van der Waals surface area contributed by atoms with Crippen LogP contribution in [0.25, 0.3) is 0 Å². The lowest BCUT2D eigenvalue weighted by molar-refractivity contribution is -0.151. The maximum absolute atomic E-state index is 12.7. The van der Waals surface area contributed by atoms with Gasteiger partial charge in [0.25, 0.3) is 11.8 Å². The summed E-state index contributed by atoms with van der Waals surface area (Å²) in [5, 5.41) is 2.37. The summed E-state index contributed by atoms with van der Waals surface area (Å²) in [5.41, 5.74) is -0.998. The summed E-state index contributed by atoms with van der Waals surface area (Å²) >= 11 is 0. The van der Waals surface area contributed by atoms with Gasteiger partial charge in [-0.2, -0.15) is 18.2 Å². The van der Waals surface area contributed by atoms with Gasteiger partial charge >= 0.3 is 18.2 Å². The van der Waals surface area contributed by atoms with Crippen LogP contribution < -0.4 is 10.1 Å². The molecule has 1 N–H and O–H groups in total. The van der Waals surface area contributed by atoms with Crippen molar-refractivity contribution in [3.05, 3.63) is 42.2 Å². The molecule has 10 nitrogen and oxygen atoms in total. The molecule has 31 heavy (non-hydrogen) atoms. The van der Waals surface area contributed by atoms with Crippen LogP contribution in [0.5, 0.6) is 11.8 Å². The second kappa shape index (κ2) is 8.01. The fourth-order valence-electron chi connectivity index (χ4n) is 2.60. The van der Waals surface area contributed by atoms with Crippen molar-refractivity contribution in [1.82, 2.24) is 19.8 Å². The number of aromatic nitrogens is 2. The van der Waals surface area contributed by atoms with E-state index in [0.717, 1.165) is 20.3 Å². The molecular weight excluding hydrogens is 423 g/mol. The number of carbonyl (C=O) groups excluding carboxylic acids is 4. The second-order valence-corrected chi connectivity index (χ2v) is 6.35. The van der Waals surface area contributed by atoms with Gasteiger partial charge in [-0.05, 0) is 30.3 Å². The van der Waals surface area contributed by atoms with Crippen LogP contribution in [0.1, 0.15) is 5.69 Å². The Labute approximate surface area is 172 Å². The van der Waals surface area contributed by atoms with Gasteiger partial charge in [0, 0.05) is 26.0 Å². The first-order chi connectivity index (χ1) is 14.5. The molecule has 13 heteroatoms. The first kappa shape index (κ1) is 21.7. The zero-order valence-corrected chi connectivity index (χ0v) is 16.0. The van der Waals surface area contributed by atoms with Crippen LogP contribution in [0.4, 0.5) is 23.7 Å². The third-order valence-electron chi connectivity index (χ3n) is 4.25. The zero-order valence-electron chi connectivity index (χ0n) is 16.0. The van der Waals surface area contributed by atoms with Crippen molar-refractivity contribution < 1.29 is 37.1 Å². The number of carbonyl (C=O) groups is 4. The highest BCUT2D eigenvalue weighted by Crippen LogP contribution is 2.29. The first-order valence-electron chi connectivity index (χ1n) is 8.57. The Morgan fingerprint density at radius 1 is 1.03 bits per heavy atom. The Morgan fingerprint density at radius 3 is 2.16 bits per heavy atom. The molecule has 5 amide bonds. The van der Waals surface area contributed by atoms with Crippen molar-refractivity contribution in [2.24, 2.45) is 5.92 Å². The molecule has 0 saturated carbocycles. The van der Waals surface area contributed by atoms with E-state index in [4.69, 9.17) is 4.74 Å². The maximum Gasteiger partial charge on any atom is 0.433 e. The molecule has 0 unspecified atom stereocenters. The summed E-state index contributed by atoms with van der Waals surface area (Å²) in [6.45, 7) is 0. The molecule has 0 aliphatic carbocycles. The number of hydrogen-bond donors (Lipinski definition) is 1. The van der Waals surface area contributed by atoms with E-state index in [1.54, 1.807) is 0 Å². The van der Waals surface area contributed by atoms with E-state index in [9.17, 15) is 32.3 Å². The lowest BCUT2D eigenvalue weighted by Gasteiger charge is -2.32. The Kier molecular flexibility index (Phi) is 5.60. The summed E-state index contributed by atoms with van der Waals surface area (Å²) in [6, 6.07) is 4.60. The molecule has 1 aromatic carbocycles. The predicted octanol–water partition coefficient (Wildman–Crippen LogP) is 1.89. The molecule has 162 valence electrons. The van der Waals surface area contributed by atoms with Gasteiger partial charge in [-0.3, -0.25) is 24.2 Å². The van der Waals surface area contributed by atoms with Gasteiger partial charge in [0.15, 0.2) is 11.6 Å². The highest BCUT2D eigenvalue weighted by molar-refractivity contribution is 6.27. The number of halogens is 3. The number of imide groups is 2. The van der Waals surface area contributed by atoms with Crippen LogP contribution in [-0.2, 0) is 20.6 Å². The average molecular weight is 437 g/mol. The predicted molar refractivity (Wildman–Crippen MR) is 96.6 cm³/mol. The van der Waals surface area contributed by atoms with Gasteiger partial charge in [-0.1, -0.05) is 0 Å². The number of hydrogen-bond acceptors (Lipinski definition) is 7. The first-order valence-corrected chi connectivity index (χ1v) is 8.57. The lowest BCUT2D eigenvalue weighted by Crippen LogP contribution is -2.59. The van der Waals surface area contributed by atoms with Crippen molar-refractivity contribution in [3.8, 4) is 11.8 Å². The second-order valence-electron chi connectivity index (χ2n) is 6.35. The summed E-state index contributed by atoms with van der Waals surface area (Å²) in [5.74, 6) is -4.54. The highest BCUT2D eigenvalue weighted by Gasteiger charge is 2.46. The van der Waals surface area contributed by atoms with Crippen LogP contribution in [0.3, 0.4) is 0 Å². The van der Waals surface area contributed by atoms with E-state index in [1.807, 2.05) is 0 Å². The summed E-state index contributed by atoms with van der Waals surface area (Å²) < 4.78 is 43.3. The number of nitrogens with zero attached hydrogens (tertiary/aromatic N) is 4. The Bertz CT molecular complexity index is 1030. The van der Waals surface area contributed by atoms with Gasteiger partial charge in [0.2, 0.25) is 5.91 Å². The molecule has 1 aliphatic heterocycles. The third-order valence-corrected chi connectivity index (χ3v) is 4.25. The molecular formula is C18H14F3N5O5. The molecule has 0 atom stereocenters. The molecule has 1 saturated heterocycles. The molecule has 0 bridgehead atoms. The monoisotopic (exact) mass is 437 g/mol. The van der Waals surface area contributed by atoms with Gasteiger partial charge in [-0.15, -0.1) is 0 Å². The number of barbiturate groups is 1. The SMILES string of the molecule is CN1C(=O)C(C(=O)Nc2ccc(Oc3nccc(C(F)(F)F)n3)cc2)C(=O)N(C)C1=O. The molecule has 1 aliphatic rings. The minimum Gasteiger partial charge on any atom is -0.424 e. The lowest BCUT2D eigenvalue weighted by atomic mass is 10.0. The highest BCUT2D eigenvalue weighted by atomic mass is 19.4. The Hall–Kier alpha value is -4.03. The number of benzene rings is 1. The molecule has 0 radical (unpaired) electrons. The van der Waals surface area contributed by atoms with Crippen molar-refractivity contribution in [3.63, 3.8) is 0 Å². The average Bonchev–Trinajstić information content (AvgIpc) is 2.72. The molecule has 3 rings (SSSR count). The Balaban J connectivity index is 1.70. The van der Waals surface area contributed by atoms with E-state index in [0.29, 0.717) is 15.9 Å². The van der Waals surface area contributed by atoms with Gasteiger partial charge in [0.1, 0.15) is 5.75 Å². The van der Waals surface area contributed by atoms with Gasteiger partial charge in [0.05, 0.1) is 0 Å². The van der Waals surface area contributed by atoms with Crippen LogP contribution >= 0.6 is 0 Å². The maximum atomic E-state index is 12.7. The normalized spacial score (nSPS) is 15.3. The Morgan fingerprint density at radius 2 is 1.61 bits per heavy atom. The molecule has 1 fully saturated rings. The van der Waals surface area contributed by atoms with Gasteiger partial charge in [-0.25, -0.2) is 9.78 Å². The molecule has 2 aromatic rings. The quantitative estimate of drug-likeness (QED) is 0.725. The molecule has 1 aromatic heterocycles. The standard InChI is InChI=1S/C18H14F3N5O5/c1-25-14(28)12(15(29)26(2)17(25)30)13(27)23-9-3-5-10(6-4-9)31-16-22-8-7-11(24-16)18(19,20)21/h3-8,12H,1-2H3,(H,23,27). The number of alkyl halides is 3. The number of urea groups is 1. The number of amides is 5. The fourth-order valence-corrected chi connectivity index (χ4v) is 2.60. The smallest absolute Gasteiger partial charge is 0.424 e. The van der Waals surface area contributed by atoms with Crippen molar-refractivity contribution in [1.29, 1.82) is 0 Å². The van der Waals surface area contributed by atoms with E-state index >= 15 is 0 Å². The van der Waals surface area contributed by atoms with Crippen LogP contribution in [0.2, 0.25) is 0 Å². The molecule has 0 spiro atoms. The van der Waals surface area contributed by atoms with Gasteiger partial charge < -0.3 is 10.1 Å². The van der Waals surface area contributed by atoms with Crippen molar-refractivity contribution in [2.75, 3.05) is 19.4 Å². The minimum absolute atomic E-state index is 0.0761. The van der Waals surface area contributed by atoms with E-state index < -0.39 is 47.6 Å². The van der Waals surface area contributed by atoms with Crippen molar-refractivity contribution in [2.45, 2.75) is 6.18 Å². The van der Waals surface area contributed by atoms with E-state index in [1.165, 1.54) is 24.3 Å². The number of nitrogens with one attached hydrogen (secondary N) is 1. The van der Waals surface area contributed by atoms with E-state index in [2.05, 4.69) is 15.3 Å². The van der Waals surface area contributed by atoms with E-state index in [-0.39, 0.29) is 11.4 Å². The number of rotatable bonds is 4. The van der Waals surface area contributed by atoms with Crippen LogP contribution in [-0.4, -0.2) is 57.6 Å². The van der Waals surface area contributed by atoms with Crippen LogP contribution in [0.15, 0.2) is 36.5 Å².